The summed E-state index contributed by atoms with van der Waals surface area (Å²) in [4.78, 5) is 7.83. The van der Waals surface area contributed by atoms with Crippen LogP contribution >= 0.6 is 11.6 Å². The molecule has 0 bridgehead atoms. The average Bonchev–Trinajstić information content (AvgIpc) is 3.18. The molecule has 0 unspecified atom stereocenters. The summed E-state index contributed by atoms with van der Waals surface area (Å²) in [6.07, 6.45) is 5.18. The van der Waals surface area contributed by atoms with Crippen LogP contribution in [0.25, 0.3) is 0 Å². The number of halogens is 1. The van der Waals surface area contributed by atoms with Gasteiger partial charge in [0, 0.05) is 31.1 Å². The Morgan fingerprint density at radius 3 is 2.72 bits per heavy atom. The number of oxime groups is 1. The molecule has 6 heteroatoms. The van der Waals surface area contributed by atoms with Gasteiger partial charge in [-0.1, -0.05) is 65.1 Å². The van der Waals surface area contributed by atoms with Crippen molar-refractivity contribution >= 4 is 17.3 Å². The Hall–Kier alpha value is -2.36. The largest absolute Gasteiger partial charge is 0.390 e. The van der Waals surface area contributed by atoms with E-state index in [1.165, 1.54) is 5.56 Å². The lowest BCUT2D eigenvalue weighted by atomic mass is 10.0. The van der Waals surface area contributed by atoms with Crippen molar-refractivity contribution in [2.45, 2.75) is 25.2 Å². The van der Waals surface area contributed by atoms with Crippen LogP contribution in [-0.2, 0) is 16.1 Å². The van der Waals surface area contributed by atoms with Crippen LogP contribution in [0.2, 0.25) is 5.02 Å². The predicted molar refractivity (Wildman–Crippen MR) is 115 cm³/mol. The summed E-state index contributed by atoms with van der Waals surface area (Å²) in [5.41, 5.74) is 3.08. The Kier molecular flexibility index (Phi) is 8.09. The normalized spacial score (nSPS) is 16.9. The molecular formula is C23H25ClN2O3. The standard InChI is InChI=1S/C23H25ClN2O3/c1-2-12-28-17-21(27)15-26(14-18-6-4-3-5-7-18)16-22-13-23(25-29-22)19-8-10-20(24)11-9-19/h1,3-11,21-22,27H,12-17H2/t21-,22-/m1/s1. The number of aliphatic hydroxyl groups is 1. The van der Waals surface area contributed by atoms with E-state index in [9.17, 15) is 5.11 Å². The first-order valence-corrected chi connectivity index (χ1v) is 9.96. The molecule has 2 aromatic carbocycles. The van der Waals surface area contributed by atoms with Crippen molar-refractivity contribution in [1.29, 1.82) is 0 Å². The highest BCUT2D eigenvalue weighted by molar-refractivity contribution is 6.30. The van der Waals surface area contributed by atoms with E-state index < -0.39 is 6.10 Å². The number of terminal acetylenes is 1. The quantitative estimate of drug-likeness (QED) is 0.480. The van der Waals surface area contributed by atoms with Gasteiger partial charge in [-0.2, -0.15) is 0 Å². The molecule has 0 aromatic heterocycles. The third kappa shape index (κ3) is 6.88. The second-order valence-electron chi connectivity index (χ2n) is 7.03. The van der Waals surface area contributed by atoms with Gasteiger partial charge in [-0.05, 0) is 23.3 Å². The van der Waals surface area contributed by atoms with Gasteiger partial charge in [-0.15, -0.1) is 6.42 Å². The zero-order valence-electron chi connectivity index (χ0n) is 16.2. The summed E-state index contributed by atoms with van der Waals surface area (Å²) < 4.78 is 5.27. The molecule has 0 radical (unpaired) electrons. The number of aliphatic hydroxyl groups excluding tert-OH is 1. The fraction of sp³-hybridized carbons (Fsp3) is 0.348. The van der Waals surface area contributed by atoms with E-state index >= 15 is 0 Å². The van der Waals surface area contributed by atoms with Crippen LogP contribution < -0.4 is 0 Å². The Bertz CT molecular complexity index is 833. The average molecular weight is 413 g/mol. The number of benzene rings is 2. The van der Waals surface area contributed by atoms with E-state index in [0.29, 0.717) is 31.1 Å². The Balaban J connectivity index is 1.59. The van der Waals surface area contributed by atoms with E-state index in [0.717, 1.165) is 11.3 Å². The van der Waals surface area contributed by atoms with Crippen LogP contribution in [0.15, 0.2) is 59.8 Å². The second kappa shape index (κ2) is 11.0. The predicted octanol–water partition coefficient (Wildman–Crippen LogP) is 3.35. The van der Waals surface area contributed by atoms with Gasteiger partial charge in [0.1, 0.15) is 12.7 Å². The highest BCUT2D eigenvalue weighted by atomic mass is 35.5. The second-order valence-corrected chi connectivity index (χ2v) is 7.47. The van der Waals surface area contributed by atoms with Gasteiger partial charge in [-0.3, -0.25) is 4.90 Å². The van der Waals surface area contributed by atoms with Gasteiger partial charge in [0.25, 0.3) is 0 Å². The molecule has 0 amide bonds. The molecule has 2 aromatic rings. The molecule has 0 spiro atoms. The van der Waals surface area contributed by atoms with Crippen molar-refractivity contribution < 1.29 is 14.7 Å². The van der Waals surface area contributed by atoms with E-state index in [4.69, 9.17) is 27.6 Å². The Morgan fingerprint density at radius 1 is 1.24 bits per heavy atom. The van der Waals surface area contributed by atoms with Crippen LogP contribution in [0.5, 0.6) is 0 Å². The van der Waals surface area contributed by atoms with E-state index in [1.54, 1.807) is 0 Å². The minimum Gasteiger partial charge on any atom is -0.390 e. The van der Waals surface area contributed by atoms with Gasteiger partial charge in [-0.25, -0.2) is 0 Å². The first kappa shape index (κ1) is 21.4. The monoisotopic (exact) mass is 412 g/mol. The molecule has 0 fully saturated rings. The topological polar surface area (TPSA) is 54.3 Å². The maximum Gasteiger partial charge on any atom is 0.145 e. The minimum absolute atomic E-state index is 0.0804. The first-order chi connectivity index (χ1) is 14.1. The zero-order chi connectivity index (χ0) is 20.5. The lowest BCUT2D eigenvalue weighted by molar-refractivity contribution is 0.00418. The summed E-state index contributed by atoms with van der Waals surface area (Å²) >= 11 is 5.96. The van der Waals surface area contributed by atoms with Crippen LogP contribution in [0, 0.1) is 12.3 Å². The molecule has 2 atom stereocenters. The van der Waals surface area contributed by atoms with E-state index in [1.807, 2.05) is 42.5 Å². The molecule has 1 aliphatic heterocycles. The van der Waals surface area contributed by atoms with Gasteiger partial charge >= 0.3 is 0 Å². The van der Waals surface area contributed by atoms with Crippen molar-refractivity contribution in [2.24, 2.45) is 5.16 Å². The molecule has 1 aliphatic rings. The molecule has 1 N–H and O–H groups in total. The van der Waals surface area contributed by atoms with Crippen LogP contribution in [0.4, 0.5) is 0 Å². The number of rotatable bonds is 10. The molecule has 0 aliphatic carbocycles. The molecule has 0 saturated heterocycles. The SMILES string of the molecule is C#CCOC[C@H](O)CN(Cc1ccccc1)C[C@H]1CC(c2ccc(Cl)cc2)=NO1. The van der Waals surface area contributed by atoms with Crippen LogP contribution in [0.3, 0.4) is 0 Å². The zero-order valence-corrected chi connectivity index (χ0v) is 17.0. The number of hydrogen-bond acceptors (Lipinski definition) is 5. The van der Waals surface area contributed by atoms with Gasteiger partial charge < -0.3 is 14.7 Å². The summed E-state index contributed by atoms with van der Waals surface area (Å²) in [6, 6.07) is 17.7. The number of ether oxygens (including phenoxy) is 1. The van der Waals surface area contributed by atoms with Gasteiger partial charge in [0.15, 0.2) is 0 Å². The summed E-state index contributed by atoms with van der Waals surface area (Å²) in [5, 5.41) is 15.3. The molecule has 3 rings (SSSR count). The highest BCUT2D eigenvalue weighted by Crippen LogP contribution is 2.20. The van der Waals surface area contributed by atoms with Crippen LogP contribution in [0.1, 0.15) is 17.5 Å². The minimum atomic E-state index is -0.634. The lowest BCUT2D eigenvalue weighted by Gasteiger charge is -2.26. The molecule has 152 valence electrons. The van der Waals surface area contributed by atoms with Crippen molar-refractivity contribution in [3.05, 3.63) is 70.7 Å². The molecule has 29 heavy (non-hydrogen) atoms. The van der Waals surface area contributed by atoms with Crippen molar-refractivity contribution in [3.8, 4) is 12.3 Å². The third-order valence-corrected chi connectivity index (χ3v) is 4.84. The van der Waals surface area contributed by atoms with Crippen molar-refractivity contribution in [2.75, 3.05) is 26.3 Å². The Labute approximate surface area is 176 Å². The number of hydrogen-bond donors (Lipinski definition) is 1. The highest BCUT2D eigenvalue weighted by Gasteiger charge is 2.25. The molecule has 5 nitrogen and oxygen atoms in total. The van der Waals surface area contributed by atoms with Crippen molar-refractivity contribution in [3.63, 3.8) is 0 Å². The third-order valence-electron chi connectivity index (χ3n) is 4.59. The molecule has 1 heterocycles. The van der Waals surface area contributed by atoms with Gasteiger partial charge in [0.05, 0.1) is 18.4 Å². The fourth-order valence-corrected chi connectivity index (χ4v) is 3.40. The molecule has 0 saturated carbocycles. The smallest absolute Gasteiger partial charge is 0.145 e. The summed E-state index contributed by atoms with van der Waals surface area (Å²) in [5.74, 6) is 2.41. The lowest BCUT2D eigenvalue weighted by Crippen LogP contribution is -2.39. The van der Waals surface area contributed by atoms with Crippen LogP contribution in [-0.4, -0.2) is 54.2 Å². The first-order valence-electron chi connectivity index (χ1n) is 9.58. The Morgan fingerprint density at radius 2 is 2.00 bits per heavy atom. The van der Waals surface area contributed by atoms with E-state index in [-0.39, 0.29) is 19.3 Å². The maximum atomic E-state index is 10.3. The van der Waals surface area contributed by atoms with Gasteiger partial charge in [0.2, 0.25) is 0 Å². The number of nitrogens with zero attached hydrogens (tertiary/aromatic N) is 2. The maximum absolute atomic E-state index is 10.3. The fourth-order valence-electron chi connectivity index (χ4n) is 3.28. The summed E-state index contributed by atoms with van der Waals surface area (Å²) in [6.45, 7) is 2.19. The van der Waals surface area contributed by atoms with Crippen molar-refractivity contribution in [1.82, 2.24) is 4.90 Å². The molecular weight excluding hydrogens is 388 g/mol. The summed E-state index contributed by atoms with van der Waals surface area (Å²) in [7, 11) is 0. The van der Waals surface area contributed by atoms with E-state index in [2.05, 4.69) is 28.1 Å².